The maximum atomic E-state index is 8.94. The molecule has 1 aromatic heterocycles. The Morgan fingerprint density at radius 3 is 2.67 bits per heavy atom. The number of hydrogen-bond acceptors (Lipinski definition) is 4. The number of aromatic nitrogens is 3. The van der Waals surface area contributed by atoms with Crippen LogP contribution in [0.1, 0.15) is 23.9 Å². The van der Waals surface area contributed by atoms with Gasteiger partial charge in [0.25, 0.3) is 0 Å². The highest BCUT2D eigenvalue weighted by Gasteiger charge is 2.10. The molecule has 0 amide bonds. The van der Waals surface area contributed by atoms with E-state index >= 15 is 0 Å². The van der Waals surface area contributed by atoms with Crippen molar-refractivity contribution in [1.29, 1.82) is 5.26 Å². The summed E-state index contributed by atoms with van der Waals surface area (Å²) in [6.45, 7) is 2.61. The third kappa shape index (κ3) is 2.48. The number of ether oxygens (including phenoxy) is 1. The third-order valence-electron chi connectivity index (χ3n) is 2.65. The van der Waals surface area contributed by atoms with Gasteiger partial charge in [0.1, 0.15) is 11.8 Å². The average Bonchev–Trinajstić information content (AvgIpc) is 2.73. The van der Waals surface area contributed by atoms with E-state index in [9.17, 15) is 0 Å². The molecule has 5 heteroatoms. The minimum absolute atomic E-state index is 0.381. The van der Waals surface area contributed by atoms with Crippen LogP contribution in [0.2, 0.25) is 0 Å². The second kappa shape index (κ2) is 5.32. The van der Waals surface area contributed by atoms with Crippen molar-refractivity contribution >= 4 is 0 Å². The second-order valence-electron chi connectivity index (χ2n) is 3.87. The van der Waals surface area contributed by atoms with Crippen LogP contribution in [0.4, 0.5) is 0 Å². The summed E-state index contributed by atoms with van der Waals surface area (Å²) < 4.78 is 7.02. The Bertz CT molecular complexity index is 566. The lowest BCUT2D eigenvalue weighted by Crippen LogP contribution is -2.01. The fourth-order valence-corrected chi connectivity index (χ4v) is 1.73. The SMILES string of the molecule is CCOc1ccc(Cc2c(C#N)nnn2C)cc1. The highest BCUT2D eigenvalue weighted by Crippen LogP contribution is 2.16. The number of nitrogens with zero attached hydrogens (tertiary/aromatic N) is 4. The Morgan fingerprint density at radius 1 is 1.33 bits per heavy atom. The van der Waals surface area contributed by atoms with Crippen molar-refractivity contribution in [2.75, 3.05) is 6.61 Å². The summed E-state index contributed by atoms with van der Waals surface area (Å²) in [6.07, 6.45) is 0.638. The molecule has 1 heterocycles. The molecule has 0 N–H and O–H groups in total. The van der Waals surface area contributed by atoms with Crippen molar-refractivity contribution in [3.63, 3.8) is 0 Å². The molecule has 0 aliphatic heterocycles. The first-order valence-electron chi connectivity index (χ1n) is 5.75. The van der Waals surface area contributed by atoms with Crippen LogP contribution in [-0.2, 0) is 13.5 Å². The Balaban J connectivity index is 2.18. The molecule has 92 valence electrons. The lowest BCUT2D eigenvalue weighted by Gasteiger charge is -2.05. The number of hydrogen-bond donors (Lipinski definition) is 0. The van der Waals surface area contributed by atoms with Crippen molar-refractivity contribution in [1.82, 2.24) is 15.0 Å². The largest absolute Gasteiger partial charge is 0.494 e. The van der Waals surface area contributed by atoms with Crippen LogP contribution in [0.15, 0.2) is 24.3 Å². The number of aryl methyl sites for hydroxylation is 1. The van der Waals surface area contributed by atoms with Crippen LogP contribution >= 0.6 is 0 Å². The summed E-state index contributed by atoms with van der Waals surface area (Å²) in [7, 11) is 1.79. The fraction of sp³-hybridized carbons (Fsp3) is 0.308. The predicted octanol–water partition coefficient (Wildman–Crippen LogP) is 1.68. The van der Waals surface area contributed by atoms with Crippen molar-refractivity contribution in [3.8, 4) is 11.8 Å². The van der Waals surface area contributed by atoms with Gasteiger partial charge in [0.05, 0.1) is 12.3 Å². The van der Waals surface area contributed by atoms with Crippen molar-refractivity contribution in [2.24, 2.45) is 7.05 Å². The zero-order valence-corrected chi connectivity index (χ0v) is 10.4. The van der Waals surface area contributed by atoms with Crippen LogP contribution in [-0.4, -0.2) is 21.6 Å². The molecule has 0 radical (unpaired) electrons. The molecule has 0 atom stereocenters. The molecule has 0 saturated heterocycles. The molecule has 0 unspecified atom stereocenters. The Hall–Kier alpha value is -2.35. The average molecular weight is 242 g/mol. The minimum Gasteiger partial charge on any atom is -0.494 e. The van der Waals surface area contributed by atoms with Gasteiger partial charge in [-0.05, 0) is 24.6 Å². The second-order valence-corrected chi connectivity index (χ2v) is 3.87. The summed E-state index contributed by atoms with van der Waals surface area (Å²) in [5.41, 5.74) is 2.30. The van der Waals surface area contributed by atoms with Gasteiger partial charge in [-0.3, -0.25) is 4.68 Å². The molecule has 0 fully saturated rings. The van der Waals surface area contributed by atoms with Gasteiger partial charge in [-0.2, -0.15) is 5.26 Å². The van der Waals surface area contributed by atoms with Crippen LogP contribution in [0, 0.1) is 11.3 Å². The van der Waals surface area contributed by atoms with Crippen LogP contribution in [0.25, 0.3) is 0 Å². The first-order chi connectivity index (χ1) is 8.74. The van der Waals surface area contributed by atoms with E-state index in [1.165, 1.54) is 0 Å². The molecule has 0 bridgehead atoms. The quantitative estimate of drug-likeness (QED) is 0.818. The van der Waals surface area contributed by atoms with E-state index in [4.69, 9.17) is 10.00 Å². The summed E-state index contributed by atoms with van der Waals surface area (Å²) in [6, 6.07) is 9.87. The van der Waals surface area contributed by atoms with Crippen LogP contribution in [0.5, 0.6) is 5.75 Å². The van der Waals surface area contributed by atoms with Gasteiger partial charge in [-0.25, -0.2) is 0 Å². The van der Waals surface area contributed by atoms with E-state index < -0.39 is 0 Å². The van der Waals surface area contributed by atoms with Crippen molar-refractivity contribution in [2.45, 2.75) is 13.3 Å². The molecule has 0 spiro atoms. The van der Waals surface area contributed by atoms with Gasteiger partial charge in [0, 0.05) is 13.5 Å². The smallest absolute Gasteiger partial charge is 0.186 e. The van der Waals surface area contributed by atoms with Crippen molar-refractivity contribution < 1.29 is 4.74 Å². The summed E-state index contributed by atoms with van der Waals surface area (Å²) in [4.78, 5) is 0. The predicted molar refractivity (Wildman–Crippen MR) is 66.1 cm³/mol. The number of benzene rings is 1. The molecule has 0 aliphatic carbocycles. The van der Waals surface area contributed by atoms with Crippen LogP contribution < -0.4 is 4.74 Å². The highest BCUT2D eigenvalue weighted by molar-refractivity contribution is 5.33. The Morgan fingerprint density at radius 2 is 2.06 bits per heavy atom. The summed E-state index contributed by atoms with van der Waals surface area (Å²) in [5.74, 6) is 0.852. The van der Waals surface area contributed by atoms with E-state index in [1.807, 2.05) is 37.3 Å². The van der Waals surface area contributed by atoms with Gasteiger partial charge in [0.2, 0.25) is 0 Å². The third-order valence-corrected chi connectivity index (χ3v) is 2.65. The van der Waals surface area contributed by atoms with Gasteiger partial charge in [-0.1, -0.05) is 17.3 Å². The van der Waals surface area contributed by atoms with E-state index in [0.29, 0.717) is 18.7 Å². The van der Waals surface area contributed by atoms with E-state index in [0.717, 1.165) is 17.0 Å². The Labute approximate surface area is 106 Å². The molecule has 1 aromatic carbocycles. The van der Waals surface area contributed by atoms with Gasteiger partial charge < -0.3 is 4.74 Å². The topological polar surface area (TPSA) is 63.7 Å². The van der Waals surface area contributed by atoms with Gasteiger partial charge in [0.15, 0.2) is 5.69 Å². The van der Waals surface area contributed by atoms with Gasteiger partial charge >= 0.3 is 0 Å². The maximum Gasteiger partial charge on any atom is 0.186 e. The molecule has 0 aliphatic rings. The van der Waals surface area contributed by atoms with E-state index in [1.54, 1.807) is 11.7 Å². The monoisotopic (exact) mass is 242 g/mol. The Kier molecular flexibility index (Phi) is 3.58. The van der Waals surface area contributed by atoms with E-state index in [2.05, 4.69) is 10.3 Å². The zero-order chi connectivity index (χ0) is 13.0. The lowest BCUT2D eigenvalue weighted by atomic mass is 10.1. The molecule has 2 aromatic rings. The number of nitriles is 1. The highest BCUT2D eigenvalue weighted by atomic mass is 16.5. The lowest BCUT2D eigenvalue weighted by molar-refractivity contribution is 0.340. The van der Waals surface area contributed by atoms with Crippen LogP contribution in [0.3, 0.4) is 0 Å². The fourth-order valence-electron chi connectivity index (χ4n) is 1.73. The summed E-state index contributed by atoms with van der Waals surface area (Å²) in [5, 5.41) is 16.6. The molecule has 2 rings (SSSR count). The molecular weight excluding hydrogens is 228 g/mol. The van der Waals surface area contributed by atoms with E-state index in [-0.39, 0.29) is 0 Å². The number of rotatable bonds is 4. The van der Waals surface area contributed by atoms with Gasteiger partial charge in [-0.15, -0.1) is 5.10 Å². The molecule has 0 saturated carbocycles. The molecular formula is C13H14N4O. The summed E-state index contributed by atoms with van der Waals surface area (Å²) >= 11 is 0. The maximum absolute atomic E-state index is 8.94. The first kappa shape index (κ1) is 12.1. The first-order valence-corrected chi connectivity index (χ1v) is 5.75. The van der Waals surface area contributed by atoms with Crippen molar-refractivity contribution in [3.05, 3.63) is 41.2 Å². The molecule has 18 heavy (non-hydrogen) atoms. The zero-order valence-electron chi connectivity index (χ0n) is 10.4. The molecule has 5 nitrogen and oxygen atoms in total. The minimum atomic E-state index is 0.381. The standard InChI is InChI=1S/C13H14N4O/c1-3-18-11-6-4-10(5-7-11)8-13-12(9-14)15-16-17(13)2/h4-7H,3,8H2,1-2H3. The normalized spacial score (nSPS) is 10.1.